The monoisotopic (exact) mass is 339 g/mol. The number of carbonyl (C=O) groups is 1. The van der Waals surface area contributed by atoms with E-state index >= 15 is 0 Å². The predicted octanol–water partition coefficient (Wildman–Crippen LogP) is 2.01. The molecule has 6 nitrogen and oxygen atoms in total. The van der Waals surface area contributed by atoms with E-state index in [0.717, 1.165) is 18.7 Å². The minimum atomic E-state index is -0.313. The van der Waals surface area contributed by atoms with Crippen molar-refractivity contribution in [1.82, 2.24) is 16.2 Å². The molecule has 0 heterocycles. The van der Waals surface area contributed by atoms with Gasteiger partial charge in [-0.05, 0) is 55.7 Å². The van der Waals surface area contributed by atoms with Crippen molar-refractivity contribution in [3.05, 3.63) is 24.3 Å². The molecule has 0 unspecified atom stereocenters. The smallest absolute Gasteiger partial charge is 0.276 e. The van der Waals surface area contributed by atoms with Gasteiger partial charge in [-0.25, -0.2) is 0 Å². The average Bonchev–Trinajstić information content (AvgIpc) is 2.52. The van der Waals surface area contributed by atoms with Gasteiger partial charge in [0.1, 0.15) is 11.5 Å². The summed E-state index contributed by atoms with van der Waals surface area (Å²) in [5, 5.41) is 3.40. The minimum absolute atomic E-state index is 0.102. The number of ether oxygens (including phenoxy) is 2. The lowest BCUT2D eigenvalue weighted by molar-refractivity contribution is -0.123. The zero-order valence-electron chi connectivity index (χ0n) is 13.8. The van der Waals surface area contributed by atoms with Crippen LogP contribution in [-0.4, -0.2) is 30.8 Å². The van der Waals surface area contributed by atoms with Crippen molar-refractivity contribution < 1.29 is 14.3 Å². The van der Waals surface area contributed by atoms with Crippen LogP contribution >= 0.6 is 12.2 Å². The van der Waals surface area contributed by atoms with Crippen molar-refractivity contribution in [2.45, 2.75) is 27.2 Å². The fourth-order valence-electron chi connectivity index (χ4n) is 1.63. The Balaban J connectivity index is 2.19. The highest BCUT2D eigenvalue weighted by molar-refractivity contribution is 7.80. The molecule has 1 aromatic rings. The Labute approximate surface area is 142 Å². The predicted molar refractivity (Wildman–Crippen MR) is 94.4 cm³/mol. The van der Waals surface area contributed by atoms with Crippen LogP contribution in [0.1, 0.15) is 27.2 Å². The quantitative estimate of drug-likeness (QED) is 0.497. The summed E-state index contributed by atoms with van der Waals surface area (Å²) in [7, 11) is 0. The maximum absolute atomic E-state index is 11.7. The van der Waals surface area contributed by atoms with Crippen LogP contribution in [0, 0.1) is 5.92 Å². The lowest BCUT2D eigenvalue weighted by Gasteiger charge is -2.13. The fraction of sp³-hybridized carbons (Fsp3) is 0.500. The number of benzene rings is 1. The van der Waals surface area contributed by atoms with Gasteiger partial charge in [-0.2, -0.15) is 0 Å². The Hall–Kier alpha value is -2.02. The van der Waals surface area contributed by atoms with E-state index in [1.165, 1.54) is 0 Å². The van der Waals surface area contributed by atoms with Crippen molar-refractivity contribution >= 4 is 23.2 Å². The summed E-state index contributed by atoms with van der Waals surface area (Å²) in [6.45, 7) is 7.47. The number of hydrogen-bond donors (Lipinski definition) is 3. The second-order valence-electron chi connectivity index (χ2n) is 5.30. The summed E-state index contributed by atoms with van der Waals surface area (Å²) < 4.78 is 10.7. The van der Waals surface area contributed by atoms with Gasteiger partial charge >= 0.3 is 0 Å². The molecule has 0 aliphatic heterocycles. The van der Waals surface area contributed by atoms with Gasteiger partial charge in [-0.15, -0.1) is 0 Å². The molecule has 0 saturated heterocycles. The van der Waals surface area contributed by atoms with Crippen LogP contribution in [0.4, 0.5) is 0 Å². The van der Waals surface area contributed by atoms with Crippen LogP contribution in [-0.2, 0) is 4.79 Å². The van der Waals surface area contributed by atoms with Crippen molar-refractivity contribution in [1.29, 1.82) is 0 Å². The summed E-state index contributed by atoms with van der Waals surface area (Å²) >= 11 is 5.05. The van der Waals surface area contributed by atoms with E-state index < -0.39 is 0 Å². The molecular formula is C16H25N3O3S. The lowest BCUT2D eigenvalue weighted by atomic mass is 10.1. The Morgan fingerprint density at radius 2 is 1.74 bits per heavy atom. The zero-order valence-corrected chi connectivity index (χ0v) is 14.7. The second kappa shape index (κ2) is 10.7. The topological polar surface area (TPSA) is 71.6 Å². The maximum Gasteiger partial charge on any atom is 0.276 e. The molecule has 23 heavy (non-hydrogen) atoms. The van der Waals surface area contributed by atoms with Gasteiger partial charge in [-0.3, -0.25) is 15.6 Å². The molecule has 1 rings (SSSR count). The van der Waals surface area contributed by atoms with Crippen LogP contribution in [0.25, 0.3) is 0 Å². The first-order valence-corrected chi connectivity index (χ1v) is 8.10. The van der Waals surface area contributed by atoms with Crippen molar-refractivity contribution in [3.63, 3.8) is 0 Å². The molecule has 0 fully saturated rings. The number of carbonyl (C=O) groups excluding carboxylic acids is 1. The number of nitrogens with one attached hydrogen (secondary N) is 3. The van der Waals surface area contributed by atoms with E-state index in [9.17, 15) is 4.79 Å². The summed E-state index contributed by atoms with van der Waals surface area (Å²) in [6.07, 6.45) is 1.01. The Morgan fingerprint density at radius 3 is 2.30 bits per heavy atom. The highest BCUT2D eigenvalue weighted by Gasteiger charge is 2.04. The Bertz CT molecular complexity index is 492. The first-order valence-electron chi connectivity index (χ1n) is 7.69. The maximum atomic E-state index is 11.7. The van der Waals surface area contributed by atoms with Gasteiger partial charge < -0.3 is 14.8 Å². The normalized spacial score (nSPS) is 10.1. The molecular weight excluding hydrogens is 314 g/mol. The molecule has 0 bridgehead atoms. The molecule has 0 aliphatic rings. The Morgan fingerprint density at radius 1 is 1.13 bits per heavy atom. The molecule has 7 heteroatoms. The van der Waals surface area contributed by atoms with Crippen molar-refractivity contribution in [2.24, 2.45) is 5.92 Å². The molecule has 1 aromatic carbocycles. The number of rotatable bonds is 8. The van der Waals surface area contributed by atoms with Gasteiger partial charge in [0.25, 0.3) is 5.91 Å². The highest BCUT2D eigenvalue weighted by atomic mass is 32.1. The third-order valence-corrected chi connectivity index (χ3v) is 3.07. The fourth-order valence-corrected chi connectivity index (χ4v) is 1.78. The number of hydrazine groups is 1. The summed E-state index contributed by atoms with van der Waals surface area (Å²) in [4.78, 5) is 11.7. The van der Waals surface area contributed by atoms with Crippen molar-refractivity contribution in [2.75, 3.05) is 19.8 Å². The largest absolute Gasteiger partial charge is 0.494 e. The second-order valence-corrected chi connectivity index (χ2v) is 5.71. The van der Waals surface area contributed by atoms with Crippen LogP contribution < -0.4 is 25.6 Å². The first-order chi connectivity index (χ1) is 11.0. The van der Waals surface area contributed by atoms with E-state index in [1.807, 2.05) is 6.92 Å². The molecule has 0 aliphatic carbocycles. The average molecular weight is 339 g/mol. The summed E-state index contributed by atoms with van der Waals surface area (Å²) in [5.41, 5.74) is 5.12. The molecule has 1 amide bonds. The van der Waals surface area contributed by atoms with Gasteiger partial charge in [0.2, 0.25) is 0 Å². The first kappa shape index (κ1) is 19.0. The standard InChI is InChI=1S/C16H25N3O3S/c1-4-21-13-5-7-14(8-6-13)22-11-15(20)18-19-16(23)17-10-9-12(2)3/h5-8,12H,4,9-11H2,1-3H3,(H,18,20)(H2,17,19,23). The van der Waals surface area contributed by atoms with Crippen molar-refractivity contribution in [3.8, 4) is 11.5 Å². The molecule has 0 aromatic heterocycles. The van der Waals surface area contributed by atoms with E-state index in [4.69, 9.17) is 21.7 Å². The Kier molecular flexibility index (Phi) is 8.82. The highest BCUT2D eigenvalue weighted by Crippen LogP contribution is 2.17. The van der Waals surface area contributed by atoms with E-state index in [2.05, 4.69) is 30.0 Å². The molecule has 0 saturated carbocycles. The molecule has 3 N–H and O–H groups in total. The molecule has 0 radical (unpaired) electrons. The number of thiocarbonyl (C=S) groups is 1. The van der Waals surface area contributed by atoms with E-state index in [1.54, 1.807) is 24.3 Å². The van der Waals surface area contributed by atoms with Gasteiger partial charge in [0, 0.05) is 6.54 Å². The van der Waals surface area contributed by atoms with Gasteiger partial charge in [0.15, 0.2) is 11.7 Å². The van der Waals surface area contributed by atoms with Crippen LogP contribution in [0.5, 0.6) is 11.5 Å². The number of hydrogen-bond acceptors (Lipinski definition) is 4. The minimum Gasteiger partial charge on any atom is -0.494 e. The third kappa shape index (κ3) is 8.87. The van der Waals surface area contributed by atoms with E-state index in [-0.39, 0.29) is 12.5 Å². The SMILES string of the molecule is CCOc1ccc(OCC(=O)NNC(=S)NCCC(C)C)cc1. The van der Waals surface area contributed by atoms with Crippen LogP contribution in [0.2, 0.25) is 0 Å². The molecule has 0 spiro atoms. The van der Waals surface area contributed by atoms with E-state index in [0.29, 0.717) is 23.4 Å². The van der Waals surface area contributed by atoms with Crippen LogP contribution in [0.15, 0.2) is 24.3 Å². The van der Waals surface area contributed by atoms with Gasteiger partial charge in [0.05, 0.1) is 6.61 Å². The summed E-state index contributed by atoms with van der Waals surface area (Å²) in [5.74, 6) is 1.65. The number of amides is 1. The third-order valence-electron chi connectivity index (χ3n) is 2.83. The lowest BCUT2D eigenvalue weighted by Crippen LogP contribution is -2.48. The van der Waals surface area contributed by atoms with Gasteiger partial charge in [-0.1, -0.05) is 13.8 Å². The van der Waals surface area contributed by atoms with Crippen LogP contribution in [0.3, 0.4) is 0 Å². The molecule has 0 atom stereocenters. The molecule has 128 valence electrons. The summed E-state index contributed by atoms with van der Waals surface area (Å²) in [6, 6.07) is 7.10. The zero-order chi connectivity index (χ0) is 17.1.